The molecular formula is C14H24N2O3S. The second kappa shape index (κ2) is 7.61. The topological polar surface area (TPSA) is 81.4 Å². The minimum Gasteiger partial charge on any atom is -0.494 e. The Kier molecular flexibility index (Phi) is 6.45. The SMILES string of the molecule is CCOc1ccc(S(=O)(=O)NC(CN)CC(C)C)cc1. The average molecular weight is 300 g/mol. The molecule has 0 bridgehead atoms. The van der Waals surface area contributed by atoms with Gasteiger partial charge in [-0.1, -0.05) is 13.8 Å². The number of sulfonamides is 1. The quantitative estimate of drug-likeness (QED) is 0.766. The molecule has 5 nitrogen and oxygen atoms in total. The molecule has 1 atom stereocenters. The number of nitrogens with one attached hydrogen (secondary N) is 1. The van der Waals surface area contributed by atoms with Gasteiger partial charge in [0.25, 0.3) is 0 Å². The molecular weight excluding hydrogens is 276 g/mol. The Morgan fingerprint density at radius 3 is 2.30 bits per heavy atom. The zero-order valence-electron chi connectivity index (χ0n) is 12.3. The highest BCUT2D eigenvalue weighted by atomic mass is 32.2. The first-order valence-corrected chi connectivity index (χ1v) is 8.32. The first-order chi connectivity index (χ1) is 9.39. The lowest BCUT2D eigenvalue weighted by Crippen LogP contribution is -2.40. The predicted octanol–water partition coefficient (Wildman–Crippen LogP) is 1.74. The van der Waals surface area contributed by atoms with Crippen molar-refractivity contribution in [2.24, 2.45) is 11.7 Å². The van der Waals surface area contributed by atoms with Crippen LogP contribution in [0.2, 0.25) is 0 Å². The molecule has 0 saturated carbocycles. The summed E-state index contributed by atoms with van der Waals surface area (Å²) in [6.07, 6.45) is 0.715. The zero-order valence-corrected chi connectivity index (χ0v) is 13.1. The summed E-state index contributed by atoms with van der Waals surface area (Å²) in [4.78, 5) is 0.225. The first kappa shape index (κ1) is 16.9. The van der Waals surface area contributed by atoms with E-state index in [1.54, 1.807) is 12.1 Å². The highest BCUT2D eigenvalue weighted by Crippen LogP contribution is 2.17. The van der Waals surface area contributed by atoms with Gasteiger partial charge in [0, 0.05) is 12.6 Å². The van der Waals surface area contributed by atoms with Crippen LogP contribution >= 0.6 is 0 Å². The number of hydrogen-bond acceptors (Lipinski definition) is 4. The Balaban J connectivity index is 2.81. The molecule has 0 radical (unpaired) electrons. The Bertz CT molecular complexity index is 498. The minimum atomic E-state index is -3.53. The van der Waals surface area contributed by atoms with E-state index in [9.17, 15) is 8.42 Å². The summed E-state index contributed by atoms with van der Waals surface area (Å²) in [5, 5.41) is 0. The van der Waals surface area contributed by atoms with Crippen LogP contribution in [0.5, 0.6) is 5.75 Å². The van der Waals surface area contributed by atoms with Crippen LogP contribution in [0.4, 0.5) is 0 Å². The van der Waals surface area contributed by atoms with Crippen LogP contribution in [-0.2, 0) is 10.0 Å². The third-order valence-corrected chi connectivity index (χ3v) is 4.34. The number of hydrogen-bond donors (Lipinski definition) is 2. The lowest BCUT2D eigenvalue weighted by molar-refractivity contribution is 0.340. The fourth-order valence-corrected chi connectivity index (χ4v) is 3.19. The highest BCUT2D eigenvalue weighted by molar-refractivity contribution is 7.89. The molecule has 1 aromatic carbocycles. The van der Waals surface area contributed by atoms with Crippen molar-refractivity contribution in [2.45, 2.75) is 38.1 Å². The summed E-state index contributed by atoms with van der Waals surface area (Å²) >= 11 is 0. The van der Waals surface area contributed by atoms with Crippen molar-refractivity contribution in [1.29, 1.82) is 0 Å². The van der Waals surface area contributed by atoms with Crippen molar-refractivity contribution in [3.63, 3.8) is 0 Å². The van der Waals surface area contributed by atoms with Crippen LogP contribution in [0.15, 0.2) is 29.2 Å². The van der Waals surface area contributed by atoms with Crippen LogP contribution < -0.4 is 15.2 Å². The summed E-state index contributed by atoms with van der Waals surface area (Å²) in [5.74, 6) is 1.04. The molecule has 0 fully saturated rings. The third-order valence-electron chi connectivity index (χ3n) is 2.81. The van der Waals surface area contributed by atoms with Crippen molar-refractivity contribution in [3.8, 4) is 5.75 Å². The monoisotopic (exact) mass is 300 g/mol. The highest BCUT2D eigenvalue weighted by Gasteiger charge is 2.19. The average Bonchev–Trinajstić information content (AvgIpc) is 2.38. The molecule has 0 aliphatic heterocycles. The largest absolute Gasteiger partial charge is 0.494 e. The van der Waals surface area contributed by atoms with E-state index < -0.39 is 10.0 Å². The van der Waals surface area contributed by atoms with Crippen molar-refractivity contribution in [2.75, 3.05) is 13.2 Å². The molecule has 6 heteroatoms. The maximum atomic E-state index is 12.2. The van der Waals surface area contributed by atoms with Crippen LogP contribution in [0.25, 0.3) is 0 Å². The summed E-state index contributed by atoms with van der Waals surface area (Å²) in [5.41, 5.74) is 5.62. The molecule has 114 valence electrons. The smallest absolute Gasteiger partial charge is 0.240 e. The second-order valence-corrected chi connectivity index (χ2v) is 6.80. The van der Waals surface area contributed by atoms with Crippen molar-refractivity contribution in [1.82, 2.24) is 4.72 Å². The van der Waals surface area contributed by atoms with Gasteiger partial charge in [0.15, 0.2) is 0 Å². The summed E-state index contributed by atoms with van der Waals surface area (Å²) in [7, 11) is -3.53. The fourth-order valence-electron chi connectivity index (χ4n) is 1.93. The van der Waals surface area contributed by atoms with E-state index in [2.05, 4.69) is 4.72 Å². The number of rotatable bonds is 8. The van der Waals surface area contributed by atoms with Gasteiger partial charge in [0.1, 0.15) is 5.75 Å². The van der Waals surface area contributed by atoms with Crippen LogP contribution in [-0.4, -0.2) is 27.6 Å². The molecule has 0 saturated heterocycles. The van der Waals surface area contributed by atoms with E-state index in [0.717, 1.165) is 0 Å². The van der Waals surface area contributed by atoms with Crippen molar-refractivity contribution >= 4 is 10.0 Å². The van der Waals surface area contributed by atoms with Gasteiger partial charge in [-0.2, -0.15) is 0 Å². The van der Waals surface area contributed by atoms with Crippen molar-refractivity contribution in [3.05, 3.63) is 24.3 Å². The molecule has 0 spiro atoms. The minimum absolute atomic E-state index is 0.225. The summed E-state index contributed by atoms with van der Waals surface area (Å²) in [6, 6.07) is 6.13. The standard InChI is InChI=1S/C14H24N2O3S/c1-4-19-13-5-7-14(8-6-13)20(17,18)16-12(10-15)9-11(2)3/h5-8,11-12,16H,4,9-10,15H2,1-3H3. The second-order valence-electron chi connectivity index (χ2n) is 5.09. The molecule has 3 N–H and O–H groups in total. The third kappa shape index (κ3) is 5.11. The zero-order chi connectivity index (χ0) is 15.2. The molecule has 0 aliphatic carbocycles. The van der Waals surface area contributed by atoms with E-state index in [-0.39, 0.29) is 17.5 Å². The number of nitrogens with two attached hydrogens (primary N) is 1. The Morgan fingerprint density at radius 1 is 1.25 bits per heavy atom. The molecule has 0 aromatic heterocycles. The molecule has 1 unspecified atom stereocenters. The molecule has 1 aromatic rings. The lowest BCUT2D eigenvalue weighted by Gasteiger charge is -2.18. The predicted molar refractivity (Wildman–Crippen MR) is 80.2 cm³/mol. The van der Waals surface area contributed by atoms with Gasteiger partial charge in [-0.25, -0.2) is 13.1 Å². The number of benzene rings is 1. The fraction of sp³-hybridized carbons (Fsp3) is 0.571. The molecule has 0 aliphatic rings. The van der Waals surface area contributed by atoms with E-state index in [1.165, 1.54) is 12.1 Å². The lowest BCUT2D eigenvalue weighted by atomic mass is 10.1. The summed E-state index contributed by atoms with van der Waals surface area (Å²) < 4.78 is 32.4. The molecule has 20 heavy (non-hydrogen) atoms. The Morgan fingerprint density at radius 2 is 1.85 bits per heavy atom. The van der Waals surface area contributed by atoms with Crippen LogP contribution in [0.1, 0.15) is 27.2 Å². The first-order valence-electron chi connectivity index (χ1n) is 6.84. The van der Waals surface area contributed by atoms with E-state index in [1.807, 2.05) is 20.8 Å². The van der Waals surface area contributed by atoms with Crippen molar-refractivity contribution < 1.29 is 13.2 Å². The molecule has 0 heterocycles. The molecule has 0 amide bonds. The van der Waals surface area contributed by atoms with Gasteiger partial charge < -0.3 is 10.5 Å². The van der Waals surface area contributed by atoms with Gasteiger partial charge in [-0.05, 0) is 43.5 Å². The Labute approximate surface area is 121 Å². The van der Waals surface area contributed by atoms with E-state index in [4.69, 9.17) is 10.5 Å². The van der Waals surface area contributed by atoms with Gasteiger partial charge in [0.2, 0.25) is 10.0 Å². The van der Waals surface area contributed by atoms with Crippen LogP contribution in [0.3, 0.4) is 0 Å². The van der Waals surface area contributed by atoms with Gasteiger partial charge in [0.05, 0.1) is 11.5 Å². The molecule has 1 rings (SSSR count). The normalized spacial score (nSPS) is 13.4. The Hall–Kier alpha value is -1.11. The maximum Gasteiger partial charge on any atom is 0.240 e. The van der Waals surface area contributed by atoms with E-state index >= 15 is 0 Å². The van der Waals surface area contributed by atoms with E-state index in [0.29, 0.717) is 24.7 Å². The van der Waals surface area contributed by atoms with Gasteiger partial charge in [-0.3, -0.25) is 0 Å². The maximum absolute atomic E-state index is 12.2. The van der Waals surface area contributed by atoms with Crippen LogP contribution in [0, 0.1) is 5.92 Å². The summed E-state index contributed by atoms with van der Waals surface area (Å²) in [6.45, 7) is 6.79. The van der Waals surface area contributed by atoms with Gasteiger partial charge >= 0.3 is 0 Å². The van der Waals surface area contributed by atoms with Gasteiger partial charge in [-0.15, -0.1) is 0 Å². The number of ether oxygens (including phenoxy) is 1.